The maximum atomic E-state index is 12.3. The Labute approximate surface area is 193 Å². The van der Waals surface area contributed by atoms with Crippen LogP contribution in [0.1, 0.15) is 20.8 Å². The minimum absolute atomic E-state index is 0.506. The Morgan fingerprint density at radius 3 is 2.21 bits per heavy atom. The van der Waals surface area contributed by atoms with Crippen molar-refractivity contribution in [3.8, 4) is 11.1 Å². The van der Waals surface area contributed by atoms with Crippen molar-refractivity contribution in [3.05, 3.63) is 72.8 Å². The summed E-state index contributed by atoms with van der Waals surface area (Å²) in [6, 6.07) is 23.3. The molecule has 0 aliphatic carbocycles. The van der Waals surface area contributed by atoms with Crippen molar-refractivity contribution in [2.45, 2.75) is 26.4 Å². The summed E-state index contributed by atoms with van der Waals surface area (Å²) < 4.78 is 31.0. The zero-order valence-corrected chi connectivity index (χ0v) is 19.8. The number of amides is 1. The molecule has 0 radical (unpaired) electrons. The van der Waals surface area contributed by atoms with E-state index in [9.17, 15) is 13.2 Å². The second kappa shape index (κ2) is 8.41. The number of rotatable bonds is 4. The first-order valence-electron chi connectivity index (χ1n) is 10.5. The number of fused-ring (bicyclic) bond motifs is 2. The first-order valence-corrected chi connectivity index (χ1v) is 12.4. The van der Waals surface area contributed by atoms with E-state index < -0.39 is 21.7 Å². The normalized spacial score (nSPS) is 12.0. The van der Waals surface area contributed by atoms with Gasteiger partial charge in [-0.15, -0.1) is 0 Å². The molecule has 0 spiro atoms. The molecule has 0 heterocycles. The molecule has 1 amide bonds. The zero-order valence-electron chi connectivity index (χ0n) is 19.0. The molecule has 0 aliphatic heterocycles. The highest BCUT2D eigenvalue weighted by atomic mass is 32.2. The molecule has 6 nitrogen and oxygen atoms in total. The van der Waals surface area contributed by atoms with Crippen molar-refractivity contribution in [1.82, 2.24) is 0 Å². The SMILES string of the molecule is CC(C)(C)OC(=O)Nc1cc(-c2ccc3cc(NS(C)(=O)=O)ccc3c2)c2ccccc2c1. The lowest BCUT2D eigenvalue weighted by Gasteiger charge is -2.20. The number of ether oxygens (including phenoxy) is 1. The lowest BCUT2D eigenvalue weighted by molar-refractivity contribution is 0.0636. The molecule has 4 rings (SSSR count). The zero-order chi connectivity index (χ0) is 23.8. The number of hydrogen-bond acceptors (Lipinski definition) is 4. The van der Waals surface area contributed by atoms with Crippen LogP contribution in [0.4, 0.5) is 16.2 Å². The lowest BCUT2D eigenvalue weighted by atomic mass is 9.95. The van der Waals surface area contributed by atoms with Crippen molar-refractivity contribution in [3.63, 3.8) is 0 Å². The van der Waals surface area contributed by atoms with Crippen LogP contribution < -0.4 is 10.0 Å². The van der Waals surface area contributed by atoms with Gasteiger partial charge >= 0.3 is 6.09 Å². The molecule has 0 aliphatic rings. The molecule has 0 saturated carbocycles. The third-order valence-electron chi connectivity index (χ3n) is 4.96. The van der Waals surface area contributed by atoms with E-state index >= 15 is 0 Å². The van der Waals surface area contributed by atoms with E-state index in [2.05, 4.69) is 16.1 Å². The fraction of sp³-hybridized carbons (Fsp3) is 0.192. The van der Waals surface area contributed by atoms with Gasteiger partial charge in [0.1, 0.15) is 5.60 Å². The Morgan fingerprint density at radius 1 is 0.818 bits per heavy atom. The molecular weight excluding hydrogens is 436 g/mol. The van der Waals surface area contributed by atoms with Gasteiger partial charge in [0, 0.05) is 11.4 Å². The van der Waals surface area contributed by atoms with Crippen LogP contribution in [0.5, 0.6) is 0 Å². The van der Waals surface area contributed by atoms with Gasteiger partial charge in [-0.1, -0.05) is 42.5 Å². The van der Waals surface area contributed by atoms with E-state index in [0.29, 0.717) is 11.4 Å². The van der Waals surface area contributed by atoms with E-state index in [-0.39, 0.29) is 0 Å². The molecule has 0 bridgehead atoms. The van der Waals surface area contributed by atoms with Gasteiger partial charge in [-0.3, -0.25) is 10.0 Å². The number of carbonyl (C=O) groups excluding carboxylic acids is 1. The molecule has 0 saturated heterocycles. The summed E-state index contributed by atoms with van der Waals surface area (Å²) in [5.41, 5.74) is 2.53. The van der Waals surface area contributed by atoms with Crippen molar-refractivity contribution in [2.24, 2.45) is 0 Å². The highest BCUT2D eigenvalue weighted by Gasteiger charge is 2.17. The van der Waals surface area contributed by atoms with E-state index in [1.807, 2.05) is 75.4 Å². The molecule has 7 heteroatoms. The largest absolute Gasteiger partial charge is 0.444 e. The number of sulfonamides is 1. The summed E-state index contributed by atoms with van der Waals surface area (Å²) in [6.07, 6.45) is 0.622. The Kier molecular flexibility index (Phi) is 5.76. The quantitative estimate of drug-likeness (QED) is 0.369. The van der Waals surface area contributed by atoms with Crippen LogP contribution in [0.3, 0.4) is 0 Å². The highest BCUT2D eigenvalue weighted by Crippen LogP contribution is 2.34. The molecule has 33 heavy (non-hydrogen) atoms. The predicted octanol–water partition coefficient (Wildman–Crippen LogP) is 6.38. The van der Waals surface area contributed by atoms with E-state index in [4.69, 9.17) is 4.74 Å². The fourth-order valence-electron chi connectivity index (χ4n) is 3.73. The summed E-state index contributed by atoms with van der Waals surface area (Å²) in [4.78, 5) is 12.3. The summed E-state index contributed by atoms with van der Waals surface area (Å²) in [5.74, 6) is 0. The van der Waals surface area contributed by atoms with Gasteiger partial charge in [-0.2, -0.15) is 0 Å². The van der Waals surface area contributed by atoms with Crippen LogP contribution in [0, 0.1) is 0 Å². The minimum Gasteiger partial charge on any atom is -0.444 e. The number of benzene rings is 4. The second-order valence-electron chi connectivity index (χ2n) is 9.02. The molecule has 170 valence electrons. The van der Waals surface area contributed by atoms with Crippen molar-refractivity contribution in [2.75, 3.05) is 16.3 Å². The monoisotopic (exact) mass is 462 g/mol. The topological polar surface area (TPSA) is 84.5 Å². The summed E-state index contributed by atoms with van der Waals surface area (Å²) in [5, 5.41) is 6.78. The molecule has 0 fully saturated rings. The van der Waals surface area contributed by atoms with Gasteiger partial charge in [0.25, 0.3) is 0 Å². The standard InChI is InChI=1S/C26H26N2O4S/c1-26(2,3)32-25(29)27-22-15-19-7-5-6-8-23(19)24(16-22)20-10-9-18-14-21(28-33(4,30)31)12-11-17(18)13-20/h5-16,28H,1-4H3,(H,27,29). The summed E-state index contributed by atoms with van der Waals surface area (Å²) in [7, 11) is -3.34. The predicted molar refractivity (Wildman–Crippen MR) is 135 cm³/mol. The van der Waals surface area contributed by atoms with Gasteiger partial charge in [-0.05, 0) is 83.8 Å². The van der Waals surface area contributed by atoms with E-state index in [1.54, 1.807) is 12.1 Å². The van der Waals surface area contributed by atoms with Crippen LogP contribution in [0.25, 0.3) is 32.7 Å². The smallest absolute Gasteiger partial charge is 0.412 e. The molecule has 0 atom stereocenters. The van der Waals surface area contributed by atoms with Crippen molar-refractivity contribution >= 4 is 49.0 Å². The highest BCUT2D eigenvalue weighted by molar-refractivity contribution is 7.92. The molecule has 2 N–H and O–H groups in total. The number of anilines is 2. The van der Waals surface area contributed by atoms with Gasteiger partial charge in [0.05, 0.1) is 6.26 Å². The number of nitrogens with one attached hydrogen (secondary N) is 2. The molecule has 0 aromatic heterocycles. The summed E-state index contributed by atoms with van der Waals surface area (Å²) >= 11 is 0. The Balaban J connectivity index is 1.76. The van der Waals surface area contributed by atoms with Gasteiger partial charge in [-0.25, -0.2) is 13.2 Å². The first-order chi connectivity index (χ1) is 15.5. The Morgan fingerprint density at radius 2 is 1.48 bits per heavy atom. The molecule has 0 unspecified atom stereocenters. The number of carbonyl (C=O) groups is 1. The van der Waals surface area contributed by atoms with Crippen molar-refractivity contribution in [1.29, 1.82) is 0 Å². The van der Waals surface area contributed by atoms with Crippen LogP contribution in [-0.4, -0.2) is 26.4 Å². The van der Waals surface area contributed by atoms with Crippen LogP contribution in [-0.2, 0) is 14.8 Å². The molecule has 4 aromatic carbocycles. The summed E-state index contributed by atoms with van der Waals surface area (Å²) in [6.45, 7) is 5.47. The molecule has 4 aromatic rings. The maximum Gasteiger partial charge on any atom is 0.412 e. The Bertz CT molecular complexity index is 1470. The average Bonchev–Trinajstić information content (AvgIpc) is 2.70. The fourth-order valence-corrected chi connectivity index (χ4v) is 4.29. The van der Waals surface area contributed by atoms with Gasteiger partial charge < -0.3 is 4.74 Å². The maximum absolute atomic E-state index is 12.3. The van der Waals surface area contributed by atoms with E-state index in [0.717, 1.165) is 38.9 Å². The molecular formula is C26H26N2O4S. The van der Waals surface area contributed by atoms with Gasteiger partial charge in [0.2, 0.25) is 10.0 Å². The Hall–Kier alpha value is -3.58. The average molecular weight is 463 g/mol. The van der Waals surface area contributed by atoms with Crippen LogP contribution in [0.2, 0.25) is 0 Å². The van der Waals surface area contributed by atoms with Gasteiger partial charge in [0.15, 0.2) is 0 Å². The van der Waals surface area contributed by atoms with Crippen LogP contribution in [0.15, 0.2) is 72.8 Å². The van der Waals surface area contributed by atoms with Crippen molar-refractivity contribution < 1.29 is 17.9 Å². The van der Waals surface area contributed by atoms with Crippen LogP contribution >= 0.6 is 0 Å². The van der Waals surface area contributed by atoms with E-state index in [1.165, 1.54) is 0 Å². The second-order valence-corrected chi connectivity index (χ2v) is 10.8. The third kappa shape index (κ3) is 5.62. The first kappa shape index (κ1) is 22.6. The minimum atomic E-state index is -3.34. The third-order valence-corrected chi connectivity index (χ3v) is 5.57. The lowest BCUT2D eigenvalue weighted by Crippen LogP contribution is -2.27. The number of hydrogen-bond donors (Lipinski definition) is 2.